The number of unbranched alkanes of at least 4 members (excludes halogenated alkanes) is 1. The van der Waals surface area contributed by atoms with E-state index >= 15 is 0 Å². The minimum absolute atomic E-state index is 0.0343. The number of aliphatic hydroxyl groups is 1. The number of fused-ring (bicyclic) bond motifs is 1. The number of rotatable bonds is 11. The van der Waals surface area contributed by atoms with Crippen LogP contribution in [0, 0.1) is 0 Å². The van der Waals surface area contributed by atoms with Crippen LogP contribution in [0.5, 0.6) is 0 Å². The van der Waals surface area contributed by atoms with Crippen LogP contribution in [-0.4, -0.2) is 67.4 Å². The van der Waals surface area contributed by atoms with E-state index in [4.69, 9.17) is 19.5 Å². The summed E-state index contributed by atoms with van der Waals surface area (Å²) in [4.78, 5) is 43.0. The van der Waals surface area contributed by atoms with Crippen LogP contribution < -0.4 is 16.6 Å². The molecular formula is C17H25N6O8P. The standard InChI is InChI=1S/C17H25N6O8P/c1-2-12(25)19-5-3-4-6-29-32(27,28)30-8-10-7-11(24)16(31-10)23-9-20-13-14(23)21-17(18)22-15(13)26/h2,9-11,16,24H,1,3-8H2,(H,19,25)(H,27,28)(H3,18,21,22,26). The molecule has 3 rings (SSSR count). The topological polar surface area (TPSA) is 204 Å². The van der Waals surface area contributed by atoms with E-state index in [1.165, 1.54) is 10.9 Å². The molecule has 1 saturated heterocycles. The molecule has 2 aromatic heterocycles. The van der Waals surface area contributed by atoms with Crippen LogP contribution in [0.2, 0.25) is 0 Å². The van der Waals surface area contributed by atoms with Gasteiger partial charge in [-0.25, -0.2) is 9.55 Å². The molecule has 4 atom stereocenters. The van der Waals surface area contributed by atoms with Crippen molar-refractivity contribution in [1.29, 1.82) is 0 Å². The van der Waals surface area contributed by atoms with Gasteiger partial charge in [-0.3, -0.25) is 28.2 Å². The molecule has 1 aliphatic heterocycles. The number of phosphoric ester groups is 1. The lowest BCUT2D eigenvalue weighted by Crippen LogP contribution is -2.22. The number of amides is 1. The molecule has 15 heteroatoms. The summed E-state index contributed by atoms with van der Waals surface area (Å²) in [7, 11) is -4.33. The lowest BCUT2D eigenvalue weighted by atomic mass is 10.2. The summed E-state index contributed by atoms with van der Waals surface area (Å²) in [5.74, 6) is -0.410. The normalized spacial score (nSPS) is 22.6. The summed E-state index contributed by atoms with van der Waals surface area (Å²) >= 11 is 0. The van der Waals surface area contributed by atoms with Crippen LogP contribution in [0.4, 0.5) is 5.95 Å². The molecule has 6 N–H and O–H groups in total. The van der Waals surface area contributed by atoms with Crippen molar-refractivity contribution in [2.24, 2.45) is 0 Å². The number of carbonyl (C=O) groups is 1. The highest BCUT2D eigenvalue weighted by Crippen LogP contribution is 2.44. The van der Waals surface area contributed by atoms with Gasteiger partial charge in [0.05, 0.1) is 25.6 Å². The van der Waals surface area contributed by atoms with Crippen molar-refractivity contribution >= 4 is 30.8 Å². The van der Waals surface area contributed by atoms with Gasteiger partial charge in [-0.15, -0.1) is 0 Å². The first kappa shape index (κ1) is 24.0. The Hall–Kier alpha value is -2.61. The van der Waals surface area contributed by atoms with Crippen molar-refractivity contribution in [2.45, 2.75) is 37.7 Å². The highest BCUT2D eigenvalue weighted by atomic mass is 31.2. The fraction of sp³-hybridized carbons (Fsp3) is 0.529. The highest BCUT2D eigenvalue weighted by Gasteiger charge is 2.38. The number of ether oxygens (including phenoxy) is 1. The van der Waals surface area contributed by atoms with Gasteiger partial charge >= 0.3 is 7.82 Å². The number of carbonyl (C=O) groups excluding carboxylic acids is 1. The number of nitrogens with zero attached hydrogens (tertiary/aromatic N) is 3. The van der Waals surface area contributed by atoms with Crippen molar-refractivity contribution in [2.75, 3.05) is 25.5 Å². The second-order valence-corrected chi connectivity index (χ2v) is 8.48. The molecule has 32 heavy (non-hydrogen) atoms. The van der Waals surface area contributed by atoms with Crippen LogP contribution in [-0.2, 0) is 23.1 Å². The molecule has 0 spiro atoms. The van der Waals surface area contributed by atoms with Crippen LogP contribution in [0.15, 0.2) is 23.8 Å². The first-order valence-electron chi connectivity index (χ1n) is 9.78. The first-order valence-corrected chi connectivity index (χ1v) is 11.3. The molecule has 4 unspecified atom stereocenters. The number of aromatic nitrogens is 4. The molecule has 2 aromatic rings. The van der Waals surface area contributed by atoms with Crippen molar-refractivity contribution in [3.05, 3.63) is 29.3 Å². The Balaban J connectivity index is 1.48. The predicted molar refractivity (Wildman–Crippen MR) is 111 cm³/mol. The monoisotopic (exact) mass is 472 g/mol. The molecule has 3 heterocycles. The third-order valence-corrected chi connectivity index (χ3v) is 5.61. The SMILES string of the molecule is C=CC(=O)NCCCCOP(=O)(O)OCC1CC(O)C(n2cnc3c(=O)[nH]c(N)nc32)O1. The Kier molecular flexibility index (Phi) is 7.77. The summed E-state index contributed by atoms with van der Waals surface area (Å²) in [6.07, 6.45) is 0.853. The van der Waals surface area contributed by atoms with Crippen LogP contribution in [0.3, 0.4) is 0 Å². The average Bonchev–Trinajstić information content (AvgIpc) is 3.32. The van der Waals surface area contributed by atoms with Crippen molar-refractivity contribution in [1.82, 2.24) is 24.8 Å². The third-order valence-electron chi connectivity index (χ3n) is 4.62. The summed E-state index contributed by atoms with van der Waals surface area (Å²) in [6, 6.07) is 0. The van der Waals surface area contributed by atoms with Gasteiger partial charge in [0.25, 0.3) is 5.56 Å². The Morgan fingerprint density at radius 2 is 2.28 bits per heavy atom. The Bertz CT molecular complexity index is 1070. The molecule has 14 nitrogen and oxygen atoms in total. The highest BCUT2D eigenvalue weighted by molar-refractivity contribution is 7.47. The maximum atomic E-state index is 12.0. The van der Waals surface area contributed by atoms with Crippen LogP contribution >= 0.6 is 7.82 Å². The number of hydrogen-bond acceptors (Lipinski definition) is 10. The lowest BCUT2D eigenvalue weighted by Gasteiger charge is -2.18. The van der Waals surface area contributed by atoms with E-state index in [0.717, 1.165) is 6.08 Å². The van der Waals surface area contributed by atoms with Crippen molar-refractivity contribution in [3.8, 4) is 0 Å². The Labute approximate surface area is 182 Å². The Morgan fingerprint density at radius 3 is 3.03 bits per heavy atom. The smallest absolute Gasteiger partial charge is 0.388 e. The predicted octanol–water partition coefficient (Wildman–Crippen LogP) is -0.434. The minimum Gasteiger partial charge on any atom is -0.388 e. The molecular weight excluding hydrogens is 447 g/mol. The maximum Gasteiger partial charge on any atom is 0.472 e. The number of imidazole rings is 1. The van der Waals surface area contributed by atoms with Crippen molar-refractivity contribution < 1.29 is 33.1 Å². The summed E-state index contributed by atoms with van der Waals surface area (Å²) in [6.45, 7) is 3.36. The quantitative estimate of drug-likeness (QED) is 0.161. The molecule has 0 radical (unpaired) electrons. The van der Waals surface area contributed by atoms with E-state index < -0.39 is 31.8 Å². The molecule has 1 fully saturated rings. The zero-order valence-corrected chi connectivity index (χ0v) is 17.9. The average molecular weight is 472 g/mol. The number of nitrogen functional groups attached to an aromatic ring is 1. The number of phosphoric acid groups is 1. The summed E-state index contributed by atoms with van der Waals surface area (Å²) < 4.78 is 29.0. The number of nitrogens with one attached hydrogen (secondary N) is 2. The van der Waals surface area contributed by atoms with Gasteiger partial charge in [-0.1, -0.05) is 6.58 Å². The number of hydrogen-bond donors (Lipinski definition) is 5. The number of anilines is 1. The second kappa shape index (κ2) is 10.3. The van der Waals surface area contributed by atoms with Crippen LogP contribution in [0.1, 0.15) is 25.5 Å². The molecule has 1 aliphatic rings. The van der Waals surface area contributed by atoms with Gasteiger partial charge in [-0.2, -0.15) is 4.98 Å². The van der Waals surface area contributed by atoms with E-state index in [0.29, 0.717) is 19.4 Å². The maximum absolute atomic E-state index is 12.0. The molecule has 176 valence electrons. The largest absolute Gasteiger partial charge is 0.472 e. The van der Waals surface area contributed by atoms with Gasteiger partial charge in [0.1, 0.15) is 6.10 Å². The van der Waals surface area contributed by atoms with Gasteiger partial charge in [0.2, 0.25) is 11.9 Å². The zero-order valence-electron chi connectivity index (χ0n) is 17.0. The van der Waals surface area contributed by atoms with E-state index in [9.17, 15) is 24.2 Å². The van der Waals surface area contributed by atoms with Gasteiger partial charge in [0.15, 0.2) is 17.4 Å². The fourth-order valence-corrected chi connectivity index (χ4v) is 3.91. The van der Waals surface area contributed by atoms with E-state index in [1.54, 1.807) is 0 Å². The molecule has 0 aromatic carbocycles. The molecule has 0 saturated carbocycles. The molecule has 0 aliphatic carbocycles. The molecule has 0 bridgehead atoms. The summed E-state index contributed by atoms with van der Waals surface area (Å²) in [5, 5.41) is 12.9. The number of aromatic amines is 1. The van der Waals surface area contributed by atoms with Crippen molar-refractivity contribution in [3.63, 3.8) is 0 Å². The first-order chi connectivity index (χ1) is 15.2. The third kappa shape index (κ3) is 6.00. The fourth-order valence-electron chi connectivity index (χ4n) is 3.12. The number of aliphatic hydroxyl groups excluding tert-OH is 1. The lowest BCUT2D eigenvalue weighted by molar-refractivity contribution is -0.116. The van der Waals surface area contributed by atoms with Gasteiger partial charge in [0, 0.05) is 13.0 Å². The van der Waals surface area contributed by atoms with Gasteiger partial charge < -0.3 is 25.8 Å². The minimum atomic E-state index is -4.33. The number of nitrogens with two attached hydrogens (primary N) is 1. The zero-order chi connectivity index (χ0) is 23.3. The van der Waals surface area contributed by atoms with Crippen LogP contribution in [0.25, 0.3) is 11.2 Å². The van der Waals surface area contributed by atoms with Gasteiger partial charge in [-0.05, 0) is 18.9 Å². The Morgan fingerprint density at radius 1 is 1.50 bits per heavy atom. The number of H-pyrrole nitrogens is 1. The second-order valence-electron chi connectivity index (χ2n) is 7.03. The van der Waals surface area contributed by atoms with E-state index in [-0.39, 0.29) is 42.7 Å². The summed E-state index contributed by atoms with van der Waals surface area (Å²) in [5.41, 5.74) is 5.21. The van der Waals surface area contributed by atoms with E-state index in [2.05, 4.69) is 26.8 Å². The molecule has 1 amide bonds. The van der Waals surface area contributed by atoms with E-state index in [1.807, 2.05) is 0 Å².